The lowest BCUT2D eigenvalue weighted by Crippen LogP contribution is -2.26. The molecule has 2 aromatic rings. The molecule has 0 saturated carbocycles. The molecule has 1 atom stereocenters. The predicted molar refractivity (Wildman–Crippen MR) is 76.0 cm³/mol. The molecule has 5 heteroatoms. The van der Waals surface area contributed by atoms with Crippen molar-refractivity contribution in [3.63, 3.8) is 0 Å². The molecule has 1 aliphatic heterocycles. The second-order valence-electron chi connectivity index (χ2n) is 4.69. The third kappa shape index (κ3) is 2.97. The lowest BCUT2D eigenvalue weighted by Gasteiger charge is -2.13. The van der Waals surface area contributed by atoms with Crippen molar-refractivity contribution in [1.82, 2.24) is 0 Å². The van der Waals surface area contributed by atoms with E-state index >= 15 is 0 Å². The second kappa shape index (κ2) is 5.83. The summed E-state index contributed by atoms with van der Waals surface area (Å²) >= 11 is 0. The van der Waals surface area contributed by atoms with Gasteiger partial charge >= 0.3 is 6.09 Å². The van der Waals surface area contributed by atoms with Crippen LogP contribution in [-0.2, 0) is 4.74 Å². The van der Waals surface area contributed by atoms with E-state index in [-0.39, 0.29) is 12.4 Å². The number of para-hydroxylation sites is 2. The van der Waals surface area contributed by atoms with Crippen LogP contribution in [0.25, 0.3) is 0 Å². The van der Waals surface area contributed by atoms with Gasteiger partial charge in [-0.15, -0.1) is 0 Å². The number of carbonyl (C=O) groups is 1. The molecule has 1 heterocycles. The third-order valence-corrected chi connectivity index (χ3v) is 3.20. The van der Waals surface area contributed by atoms with Gasteiger partial charge < -0.3 is 9.47 Å². The Hall–Kier alpha value is -2.56. The Bertz CT molecular complexity index is 632. The Morgan fingerprint density at radius 3 is 2.62 bits per heavy atom. The Kier molecular flexibility index (Phi) is 3.73. The maximum atomic E-state index is 13.4. The zero-order valence-electron chi connectivity index (χ0n) is 11.2. The van der Waals surface area contributed by atoms with Crippen LogP contribution < -0.4 is 9.64 Å². The van der Waals surface area contributed by atoms with E-state index in [0.717, 1.165) is 5.69 Å². The number of ether oxygens (including phenoxy) is 2. The van der Waals surface area contributed by atoms with Gasteiger partial charge in [-0.25, -0.2) is 9.18 Å². The number of halogens is 1. The molecule has 0 unspecified atom stereocenters. The summed E-state index contributed by atoms with van der Waals surface area (Å²) in [6.45, 7) is 0.507. The van der Waals surface area contributed by atoms with Crippen LogP contribution in [0.2, 0.25) is 0 Å². The topological polar surface area (TPSA) is 38.8 Å². The van der Waals surface area contributed by atoms with Crippen LogP contribution in [0, 0.1) is 5.82 Å². The van der Waals surface area contributed by atoms with Crippen LogP contribution in [0.3, 0.4) is 0 Å². The summed E-state index contributed by atoms with van der Waals surface area (Å²) in [4.78, 5) is 13.4. The minimum absolute atomic E-state index is 0.121. The summed E-state index contributed by atoms with van der Waals surface area (Å²) in [5.74, 6) is -0.270. The molecule has 0 radical (unpaired) electrons. The first kappa shape index (κ1) is 13.4. The van der Waals surface area contributed by atoms with E-state index in [9.17, 15) is 9.18 Å². The van der Waals surface area contributed by atoms with Gasteiger partial charge in [0.1, 0.15) is 6.61 Å². The molecule has 1 saturated heterocycles. The first-order chi connectivity index (χ1) is 10.2. The van der Waals surface area contributed by atoms with Crippen molar-refractivity contribution in [1.29, 1.82) is 0 Å². The smallest absolute Gasteiger partial charge is 0.414 e. The van der Waals surface area contributed by atoms with Crippen molar-refractivity contribution in [3.8, 4) is 5.75 Å². The van der Waals surface area contributed by atoms with Crippen molar-refractivity contribution in [2.24, 2.45) is 0 Å². The minimum Gasteiger partial charge on any atom is -0.487 e. The zero-order valence-corrected chi connectivity index (χ0v) is 11.2. The molecule has 1 amide bonds. The van der Waals surface area contributed by atoms with Crippen LogP contribution in [0.5, 0.6) is 5.75 Å². The van der Waals surface area contributed by atoms with Crippen LogP contribution >= 0.6 is 0 Å². The Labute approximate surface area is 121 Å². The van der Waals surface area contributed by atoms with E-state index in [2.05, 4.69) is 0 Å². The van der Waals surface area contributed by atoms with E-state index in [4.69, 9.17) is 9.47 Å². The number of carbonyl (C=O) groups excluding carboxylic acids is 1. The van der Waals surface area contributed by atoms with Crippen molar-refractivity contribution >= 4 is 11.8 Å². The van der Waals surface area contributed by atoms with Gasteiger partial charge in [0.25, 0.3) is 0 Å². The second-order valence-corrected chi connectivity index (χ2v) is 4.69. The van der Waals surface area contributed by atoms with Gasteiger partial charge in [-0.2, -0.15) is 0 Å². The molecule has 0 spiro atoms. The van der Waals surface area contributed by atoms with Gasteiger partial charge in [-0.05, 0) is 24.3 Å². The minimum atomic E-state index is -0.429. The highest BCUT2D eigenvalue weighted by molar-refractivity contribution is 5.89. The molecule has 2 aromatic carbocycles. The van der Waals surface area contributed by atoms with Crippen LogP contribution in [0.4, 0.5) is 14.9 Å². The summed E-state index contributed by atoms with van der Waals surface area (Å²) in [6.07, 6.45) is -0.833. The average Bonchev–Trinajstić information content (AvgIpc) is 2.88. The van der Waals surface area contributed by atoms with E-state index in [1.165, 1.54) is 11.0 Å². The zero-order chi connectivity index (χ0) is 14.7. The molecular formula is C16H14FNO3. The maximum Gasteiger partial charge on any atom is 0.414 e. The molecule has 0 bridgehead atoms. The highest BCUT2D eigenvalue weighted by atomic mass is 19.1. The van der Waals surface area contributed by atoms with Crippen LogP contribution in [0.15, 0.2) is 54.6 Å². The number of cyclic esters (lactones) is 1. The highest BCUT2D eigenvalue weighted by Gasteiger charge is 2.32. The molecule has 21 heavy (non-hydrogen) atoms. The van der Waals surface area contributed by atoms with Crippen molar-refractivity contribution in [3.05, 3.63) is 60.4 Å². The molecule has 1 fully saturated rings. The summed E-state index contributed by atoms with van der Waals surface area (Å²) in [6, 6.07) is 15.4. The average molecular weight is 287 g/mol. The fourth-order valence-electron chi connectivity index (χ4n) is 2.17. The lowest BCUT2D eigenvalue weighted by atomic mass is 10.3. The van der Waals surface area contributed by atoms with Gasteiger partial charge in [0, 0.05) is 5.69 Å². The van der Waals surface area contributed by atoms with E-state index < -0.39 is 18.0 Å². The Morgan fingerprint density at radius 2 is 1.86 bits per heavy atom. The first-order valence-corrected chi connectivity index (χ1v) is 6.64. The predicted octanol–water partition coefficient (Wildman–Crippen LogP) is 3.23. The van der Waals surface area contributed by atoms with Gasteiger partial charge in [0.15, 0.2) is 17.7 Å². The largest absolute Gasteiger partial charge is 0.487 e. The number of hydrogen-bond acceptors (Lipinski definition) is 3. The van der Waals surface area contributed by atoms with Gasteiger partial charge in [0.05, 0.1) is 6.54 Å². The van der Waals surface area contributed by atoms with Gasteiger partial charge in [-0.3, -0.25) is 4.90 Å². The number of amides is 1. The Morgan fingerprint density at radius 1 is 1.14 bits per heavy atom. The molecule has 3 rings (SSSR count). The fourth-order valence-corrected chi connectivity index (χ4v) is 2.17. The van der Waals surface area contributed by atoms with Crippen LogP contribution in [0.1, 0.15) is 0 Å². The Balaban J connectivity index is 1.62. The van der Waals surface area contributed by atoms with Crippen molar-refractivity contribution in [2.75, 3.05) is 18.1 Å². The monoisotopic (exact) mass is 287 g/mol. The van der Waals surface area contributed by atoms with E-state index in [1.807, 2.05) is 30.3 Å². The van der Waals surface area contributed by atoms with E-state index in [0.29, 0.717) is 6.54 Å². The molecule has 0 aromatic heterocycles. The maximum absolute atomic E-state index is 13.4. The third-order valence-electron chi connectivity index (χ3n) is 3.20. The molecule has 4 nitrogen and oxygen atoms in total. The summed E-state index contributed by atoms with van der Waals surface area (Å²) in [5, 5.41) is 0. The molecular weight excluding hydrogens is 273 g/mol. The summed E-state index contributed by atoms with van der Waals surface area (Å²) in [5.41, 5.74) is 0.774. The standard InChI is InChI=1S/C16H14FNO3/c17-14-8-4-5-9-15(14)20-11-13-10-18(16(19)21-13)12-6-2-1-3-7-12/h1-9,13H,10-11H2/t13-/m0/s1. The molecule has 1 aliphatic rings. The number of rotatable bonds is 4. The van der Waals surface area contributed by atoms with Gasteiger partial charge in [-0.1, -0.05) is 30.3 Å². The fraction of sp³-hybridized carbons (Fsp3) is 0.188. The number of benzene rings is 2. The first-order valence-electron chi connectivity index (χ1n) is 6.64. The van der Waals surface area contributed by atoms with E-state index in [1.54, 1.807) is 18.2 Å². The lowest BCUT2D eigenvalue weighted by molar-refractivity contribution is 0.103. The SMILES string of the molecule is O=C1O[C@H](COc2ccccc2F)CN1c1ccccc1. The highest BCUT2D eigenvalue weighted by Crippen LogP contribution is 2.22. The summed E-state index contributed by atoms with van der Waals surface area (Å²) < 4.78 is 24.0. The van der Waals surface area contributed by atoms with Crippen molar-refractivity contribution < 1.29 is 18.7 Å². The quantitative estimate of drug-likeness (QED) is 0.866. The molecule has 0 aliphatic carbocycles. The summed E-state index contributed by atoms with van der Waals surface area (Å²) in [7, 11) is 0. The number of anilines is 1. The molecule has 0 N–H and O–H groups in total. The van der Waals surface area contributed by atoms with Gasteiger partial charge in [0.2, 0.25) is 0 Å². The van der Waals surface area contributed by atoms with Crippen LogP contribution in [-0.4, -0.2) is 25.3 Å². The molecule has 108 valence electrons. The number of nitrogens with zero attached hydrogens (tertiary/aromatic N) is 1. The van der Waals surface area contributed by atoms with Crippen molar-refractivity contribution in [2.45, 2.75) is 6.10 Å². The normalized spacial score (nSPS) is 17.7. The number of hydrogen-bond donors (Lipinski definition) is 0.